The van der Waals surface area contributed by atoms with Crippen molar-refractivity contribution >= 4 is 17.6 Å². The maximum Gasteiger partial charge on any atom is 0.263 e. The van der Waals surface area contributed by atoms with Crippen molar-refractivity contribution in [3.63, 3.8) is 0 Å². The minimum absolute atomic E-state index is 0.0149. The Morgan fingerprint density at radius 3 is 2.59 bits per heavy atom. The second-order valence-electron chi connectivity index (χ2n) is 10.1. The fraction of sp³-hybridized carbons (Fsp3) is 0.276. The molecule has 2 aromatic carbocycles. The zero-order valence-corrected chi connectivity index (χ0v) is 20.7. The second-order valence-corrected chi connectivity index (χ2v) is 10.1. The third kappa shape index (κ3) is 3.67. The molecule has 1 amide bonds. The van der Waals surface area contributed by atoms with Gasteiger partial charge in [-0.1, -0.05) is 48.5 Å². The molecule has 0 bridgehead atoms. The molecular weight excluding hydrogens is 462 g/mol. The maximum absolute atomic E-state index is 13.7. The molecule has 1 aromatic heterocycles. The molecule has 3 aromatic rings. The smallest absolute Gasteiger partial charge is 0.263 e. The number of likely N-dealkylation sites (N-methyl/N-ethyl adjacent to an activating group) is 1. The van der Waals surface area contributed by atoms with Gasteiger partial charge in [-0.3, -0.25) is 14.7 Å². The number of hydrazine groups is 1. The van der Waals surface area contributed by atoms with Gasteiger partial charge in [-0.05, 0) is 49.1 Å². The first-order valence-corrected chi connectivity index (χ1v) is 12.9. The van der Waals surface area contributed by atoms with Crippen LogP contribution in [0.15, 0.2) is 95.4 Å². The molecule has 7 rings (SSSR count). The first kappa shape index (κ1) is 22.1. The Bertz CT molecular complexity index is 1390. The van der Waals surface area contributed by atoms with Crippen LogP contribution in [-0.2, 0) is 11.3 Å². The largest absolute Gasteiger partial charge is 0.341 e. The van der Waals surface area contributed by atoms with Crippen LogP contribution in [0.4, 0.5) is 5.69 Å². The number of benzene rings is 2. The number of hydrogen-bond acceptors (Lipinski definition) is 7. The van der Waals surface area contributed by atoms with Gasteiger partial charge in [0.25, 0.3) is 5.91 Å². The van der Waals surface area contributed by atoms with Crippen LogP contribution in [0.5, 0.6) is 0 Å². The predicted octanol–water partition coefficient (Wildman–Crippen LogP) is 3.78. The standard InChI is InChI=1S/C29H29N7O/c1-34-28(37)25-26(31-21-8-3-2-4-9-21)33-35(27(25)36-24-12-7-11-23(24)32-29(34)36)18-19-13-15-20(16-14-19)22-10-5-6-17-30-22/h2-6,8-10,13-17,23-24,27,31,33H,7,11-12,18H2,1H3/t23-,24+,27?/m1/s1. The van der Waals surface area contributed by atoms with Crippen LogP contribution >= 0.6 is 0 Å². The van der Waals surface area contributed by atoms with Crippen LogP contribution in [0.25, 0.3) is 11.3 Å². The number of nitrogens with zero attached hydrogens (tertiary/aromatic N) is 5. The monoisotopic (exact) mass is 491 g/mol. The van der Waals surface area contributed by atoms with Gasteiger partial charge in [0.05, 0.1) is 23.4 Å². The van der Waals surface area contributed by atoms with Crippen molar-refractivity contribution in [3.05, 3.63) is 96.0 Å². The SMILES string of the molecule is CN1C(=O)C2=C(Nc3ccccc3)NN(Cc3ccc(-c4ccccn4)cc3)C2N2C1=N[C@@H]1CCC[C@@H]12. The molecule has 4 heterocycles. The predicted molar refractivity (Wildman–Crippen MR) is 143 cm³/mol. The maximum atomic E-state index is 13.7. The summed E-state index contributed by atoms with van der Waals surface area (Å²) in [6, 6.07) is 25.0. The Balaban J connectivity index is 1.23. The van der Waals surface area contributed by atoms with Crippen LogP contribution in [0.3, 0.4) is 0 Å². The third-order valence-electron chi connectivity index (χ3n) is 7.80. The van der Waals surface area contributed by atoms with E-state index in [2.05, 4.69) is 49.9 Å². The van der Waals surface area contributed by atoms with E-state index in [0.29, 0.717) is 12.6 Å². The van der Waals surface area contributed by atoms with E-state index in [1.807, 2.05) is 61.8 Å². The number of nitrogens with one attached hydrogen (secondary N) is 2. The topological polar surface area (TPSA) is 76.1 Å². The van der Waals surface area contributed by atoms with E-state index < -0.39 is 0 Å². The quantitative estimate of drug-likeness (QED) is 0.566. The number of para-hydroxylation sites is 1. The first-order valence-electron chi connectivity index (χ1n) is 12.9. The molecule has 1 aliphatic carbocycles. The van der Waals surface area contributed by atoms with E-state index >= 15 is 0 Å². The molecule has 8 heteroatoms. The summed E-state index contributed by atoms with van der Waals surface area (Å²) < 4.78 is 0. The lowest BCUT2D eigenvalue weighted by Crippen LogP contribution is -2.62. The fourth-order valence-electron chi connectivity index (χ4n) is 6.04. The summed E-state index contributed by atoms with van der Waals surface area (Å²) in [7, 11) is 1.84. The highest BCUT2D eigenvalue weighted by molar-refractivity contribution is 6.10. The van der Waals surface area contributed by atoms with Crippen molar-refractivity contribution in [1.29, 1.82) is 0 Å². The average molecular weight is 492 g/mol. The van der Waals surface area contributed by atoms with Crippen LogP contribution in [-0.4, -0.2) is 57.0 Å². The van der Waals surface area contributed by atoms with E-state index in [0.717, 1.165) is 52.7 Å². The van der Waals surface area contributed by atoms with Crippen LogP contribution in [0.2, 0.25) is 0 Å². The van der Waals surface area contributed by atoms with Gasteiger partial charge >= 0.3 is 0 Å². The number of amides is 1. The lowest BCUT2D eigenvalue weighted by atomic mass is 10.0. The Morgan fingerprint density at radius 2 is 1.81 bits per heavy atom. The van der Waals surface area contributed by atoms with Gasteiger partial charge in [-0.25, -0.2) is 4.99 Å². The Labute approximate surface area is 216 Å². The lowest BCUT2D eigenvalue weighted by molar-refractivity contribution is -0.126. The Kier molecular flexibility index (Phi) is 5.21. The molecule has 3 atom stereocenters. The van der Waals surface area contributed by atoms with Crippen molar-refractivity contribution in [2.24, 2.45) is 4.99 Å². The van der Waals surface area contributed by atoms with E-state index in [1.54, 1.807) is 4.90 Å². The summed E-state index contributed by atoms with van der Waals surface area (Å²) in [5.74, 6) is 1.52. The molecular formula is C29H29N7O. The van der Waals surface area contributed by atoms with Crippen molar-refractivity contribution in [3.8, 4) is 11.3 Å². The number of rotatable bonds is 5. The van der Waals surface area contributed by atoms with Gasteiger partial charge in [0.1, 0.15) is 12.0 Å². The van der Waals surface area contributed by atoms with Gasteiger partial charge < -0.3 is 15.6 Å². The minimum atomic E-state index is -0.225. The van der Waals surface area contributed by atoms with Crippen LogP contribution in [0.1, 0.15) is 24.8 Å². The van der Waals surface area contributed by atoms with E-state index in [1.165, 1.54) is 6.42 Å². The molecule has 37 heavy (non-hydrogen) atoms. The molecule has 4 aliphatic rings. The molecule has 1 saturated carbocycles. The number of carbonyl (C=O) groups excluding carboxylic acids is 1. The van der Waals surface area contributed by atoms with Crippen molar-refractivity contribution in [2.75, 3.05) is 12.4 Å². The van der Waals surface area contributed by atoms with Gasteiger partial charge in [0.2, 0.25) is 5.96 Å². The number of pyridine rings is 1. The molecule has 186 valence electrons. The Morgan fingerprint density at radius 1 is 1.00 bits per heavy atom. The van der Waals surface area contributed by atoms with E-state index in [-0.39, 0.29) is 18.1 Å². The van der Waals surface area contributed by atoms with Gasteiger partial charge in [0, 0.05) is 31.0 Å². The number of guanidine groups is 1. The molecule has 3 aliphatic heterocycles. The zero-order chi connectivity index (χ0) is 24.9. The average Bonchev–Trinajstić information content (AvgIpc) is 3.63. The third-order valence-corrected chi connectivity index (χ3v) is 7.80. The van der Waals surface area contributed by atoms with Gasteiger partial charge in [-0.2, -0.15) is 5.01 Å². The summed E-state index contributed by atoms with van der Waals surface area (Å²) in [4.78, 5) is 27.3. The number of hydrogen-bond donors (Lipinski definition) is 2. The summed E-state index contributed by atoms with van der Waals surface area (Å²) in [5, 5.41) is 5.66. The second kappa shape index (κ2) is 8.74. The molecule has 0 spiro atoms. The highest BCUT2D eigenvalue weighted by Crippen LogP contribution is 2.41. The van der Waals surface area contributed by atoms with E-state index in [9.17, 15) is 4.79 Å². The Hall–Kier alpha value is -4.17. The van der Waals surface area contributed by atoms with Crippen molar-refractivity contribution in [2.45, 2.75) is 44.1 Å². The van der Waals surface area contributed by atoms with Gasteiger partial charge in [0.15, 0.2) is 0 Å². The minimum Gasteiger partial charge on any atom is -0.341 e. The summed E-state index contributed by atoms with van der Waals surface area (Å²) in [5.41, 5.74) is 8.43. The normalized spacial score (nSPS) is 24.5. The number of carbonyl (C=O) groups is 1. The molecule has 2 N–H and O–H groups in total. The molecule has 1 unspecified atom stereocenters. The molecule has 8 nitrogen and oxygen atoms in total. The van der Waals surface area contributed by atoms with Crippen LogP contribution in [0, 0.1) is 0 Å². The summed E-state index contributed by atoms with van der Waals surface area (Å²) >= 11 is 0. The van der Waals surface area contributed by atoms with Gasteiger partial charge in [-0.15, -0.1) is 0 Å². The zero-order valence-electron chi connectivity index (χ0n) is 20.7. The van der Waals surface area contributed by atoms with Crippen molar-refractivity contribution in [1.82, 2.24) is 25.2 Å². The van der Waals surface area contributed by atoms with E-state index in [4.69, 9.17) is 4.99 Å². The lowest BCUT2D eigenvalue weighted by Gasteiger charge is -2.44. The highest BCUT2D eigenvalue weighted by Gasteiger charge is 2.55. The summed E-state index contributed by atoms with van der Waals surface area (Å²) in [6.07, 6.45) is 4.93. The highest BCUT2D eigenvalue weighted by atomic mass is 16.2. The number of aromatic nitrogens is 1. The molecule has 0 radical (unpaired) electrons. The number of aliphatic imine (C=N–C) groups is 1. The number of anilines is 1. The first-order chi connectivity index (χ1) is 18.2. The molecule has 1 saturated heterocycles. The summed E-state index contributed by atoms with van der Waals surface area (Å²) in [6.45, 7) is 0.634. The van der Waals surface area contributed by atoms with Crippen molar-refractivity contribution < 1.29 is 4.79 Å². The van der Waals surface area contributed by atoms with Crippen LogP contribution < -0.4 is 10.7 Å². The molecule has 2 fully saturated rings. The number of fused-ring (bicyclic) bond motifs is 5. The fourth-order valence-corrected chi connectivity index (χ4v) is 6.04.